The molecule has 0 aliphatic heterocycles. The van der Waals surface area contributed by atoms with E-state index in [0.717, 1.165) is 0 Å². The number of rotatable bonds is 3. The van der Waals surface area contributed by atoms with E-state index in [2.05, 4.69) is 31.0 Å². The van der Waals surface area contributed by atoms with Crippen LogP contribution in [-0.2, 0) is 0 Å². The Morgan fingerprint density at radius 1 is 1.44 bits per heavy atom. The van der Waals surface area contributed by atoms with Gasteiger partial charge in [-0.3, -0.25) is 4.79 Å². The topological polar surface area (TPSA) is 86.7 Å². The fourth-order valence-electron chi connectivity index (χ4n) is 1.38. The molecular formula is C11H12BrN5O. The highest BCUT2D eigenvalue weighted by molar-refractivity contribution is 9.10. The van der Waals surface area contributed by atoms with Gasteiger partial charge in [0.15, 0.2) is 5.82 Å². The minimum absolute atomic E-state index is 0.201. The molecule has 2 rings (SSSR count). The first-order valence-corrected chi connectivity index (χ1v) is 6.17. The number of hydrogen-bond donors (Lipinski definition) is 1. The van der Waals surface area contributed by atoms with Crippen molar-refractivity contribution in [2.75, 3.05) is 0 Å². The van der Waals surface area contributed by atoms with Crippen molar-refractivity contribution in [1.82, 2.24) is 19.7 Å². The molecule has 2 N–H and O–H groups in total. The molecular weight excluding hydrogens is 298 g/mol. The zero-order chi connectivity index (χ0) is 13.3. The van der Waals surface area contributed by atoms with E-state index in [4.69, 9.17) is 5.73 Å². The number of amides is 1. The highest BCUT2D eigenvalue weighted by Gasteiger charge is 2.10. The Balaban J connectivity index is 2.46. The molecule has 1 amide bonds. The molecule has 2 aromatic rings. The number of halogens is 1. The maximum Gasteiger partial charge on any atom is 0.269 e. The van der Waals surface area contributed by atoms with Crippen LogP contribution in [0.2, 0.25) is 0 Å². The van der Waals surface area contributed by atoms with Gasteiger partial charge in [0, 0.05) is 18.2 Å². The second kappa shape index (κ2) is 4.85. The maximum atomic E-state index is 11.0. The summed E-state index contributed by atoms with van der Waals surface area (Å²) in [5.41, 5.74) is 5.36. The molecule has 0 bridgehead atoms. The van der Waals surface area contributed by atoms with Crippen LogP contribution in [0.3, 0.4) is 0 Å². The highest BCUT2D eigenvalue weighted by Crippen LogP contribution is 2.16. The first-order valence-electron chi connectivity index (χ1n) is 5.37. The largest absolute Gasteiger partial charge is 0.364 e. The zero-order valence-electron chi connectivity index (χ0n) is 9.96. The van der Waals surface area contributed by atoms with E-state index in [-0.39, 0.29) is 11.6 Å². The van der Waals surface area contributed by atoms with Gasteiger partial charge in [0.25, 0.3) is 5.91 Å². The molecule has 0 saturated heterocycles. The van der Waals surface area contributed by atoms with E-state index in [9.17, 15) is 4.79 Å². The highest BCUT2D eigenvalue weighted by atomic mass is 79.9. The number of nitrogens with zero attached hydrogens (tertiary/aromatic N) is 4. The summed E-state index contributed by atoms with van der Waals surface area (Å²) in [7, 11) is 0. The summed E-state index contributed by atoms with van der Waals surface area (Å²) in [6.07, 6.45) is 1.64. The molecule has 0 fully saturated rings. The minimum Gasteiger partial charge on any atom is -0.364 e. The lowest BCUT2D eigenvalue weighted by atomic mass is 10.2. The Labute approximate surface area is 112 Å². The summed E-state index contributed by atoms with van der Waals surface area (Å²) in [6, 6.07) is 3.27. The molecule has 7 heteroatoms. The number of primary amides is 1. The Morgan fingerprint density at radius 2 is 2.17 bits per heavy atom. The summed E-state index contributed by atoms with van der Waals surface area (Å²) < 4.78 is 2.17. The fraction of sp³-hybridized carbons (Fsp3) is 0.273. The molecule has 0 radical (unpaired) electrons. The van der Waals surface area contributed by atoms with E-state index in [1.165, 1.54) is 4.68 Å². The van der Waals surface area contributed by atoms with Gasteiger partial charge in [0.2, 0.25) is 0 Å². The van der Waals surface area contributed by atoms with Crippen molar-refractivity contribution in [1.29, 1.82) is 0 Å². The lowest BCUT2D eigenvalue weighted by molar-refractivity contribution is 0.0995. The Hall–Kier alpha value is -1.76. The van der Waals surface area contributed by atoms with Crippen molar-refractivity contribution in [2.45, 2.75) is 19.8 Å². The van der Waals surface area contributed by atoms with Gasteiger partial charge in [-0.2, -0.15) is 5.10 Å². The monoisotopic (exact) mass is 309 g/mol. The van der Waals surface area contributed by atoms with Crippen LogP contribution in [0.15, 0.2) is 22.9 Å². The lowest BCUT2D eigenvalue weighted by Crippen LogP contribution is -2.12. The van der Waals surface area contributed by atoms with Crippen LogP contribution in [0.1, 0.15) is 36.1 Å². The van der Waals surface area contributed by atoms with Crippen molar-refractivity contribution in [3.8, 4) is 5.82 Å². The summed E-state index contributed by atoms with van der Waals surface area (Å²) in [4.78, 5) is 19.6. The molecule has 0 atom stereocenters. The lowest BCUT2D eigenvalue weighted by Gasteiger charge is -2.07. The Bertz CT molecular complexity index is 593. The molecule has 0 aliphatic carbocycles. The van der Waals surface area contributed by atoms with Crippen LogP contribution in [0.4, 0.5) is 0 Å². The third-order valence-electron chi connectivity index (χ3n) is 2.29. The molecule has 6 nitrogen and oxygen atoms in total. The normalized spacial score (nSPS) is 10.9. The SMILES string of the molecule is CC(C)c1nc(Br)cc(-n2ccc(C(N)=O)n2)n1. The van der Waals surface area contributed by atoms with Gasteiger partial charge in [-0.25, -0.2) is 14.6 Å². The molecule has 0 aliphatic rings. The Morgan fingerprint density at radius 3 is 2.72 bits per heavy atom. The number of carbonyl (C=O) groups excluding carboxylic acids is 1. The number of hydrogen-bond acceptors (Lipinski definition) is 4. The second-order valence-corrected chi connectivity index (χ2v) is 4.88. The summed E-state index contributed by atoms with van der Waals surface area (Å²) in [5, 5.41) is 4.05. The van der Waals surface area contributed by atoms with Crippen molar-refractivity contribution in [3.05, 3.63) is 34.5 Å². The van der Waals surface area contributed by atoms with Crippen molar-refractivity contribution < 1.29 is 4.79 Å². The van der Waals surface area contributed by atoms with Gasteiger partial charge < -0.3 is 5.73 Å². The van der Waals surface area contributed by atoms with Crippen molar-refractivity contribution in [2.24, 2.45) is 5.73 Å². The molecule has 0 aromatic carbocycles. The predicted molar refractivity (Wildman–Crippen MR) is 69.5 cm³/mol. The van der Waals surface area contributed by atoms with Gasteiger partial charge in [-0.1, -0.05) is 13.8 Å². The first-order chi connectivity index (χ1) is 8.47. The summed E-state index contributed by atoms with van der Waals surface area (Å²) in [5.74, 6) is 0.932. The fourth-order valence-corrected chi connectivity index (χ4v) is 1.77. The van der Waals surface area contributed by atoms with Crippen LogP contribution in [0, 0.1) is 0 Å². The van der Waals surface area contributed by atoms with Crippen LogP contribution < -0.4 is 5.73 Å². The number of nitrogens with two attached hydrogens (primary N) is 1. The van der Waals surface area contributed by atoms with E-state index < -0.39 is 5.91 Å². The van der Waals surface area contributed by atoms with E-state index in [1.54, 1.807) is 18.3 Å². The van der Waals surface area contributed by atoms with E-state index in [1.807, 2.05) is 13.8 Å². The van der Waals surface area contributed by atoms with Gasteiger partial charge >= 0.3 is 0 Å². The van der Waals surface area contributed by atoms with Crippen LogP contribution in [0.5, 0.6) is 0 Å². The number of carbonyl (C=O) groups is 1. The molecule has 2 heterocycles. The van der Waals surface area contributed by atoms with Gasteiger partial charge in [-0.15, -0.1) is 0 Å². The maximum absolute atomic E-state index is 11.0. The minimum atomic E-state index is -0.564. The van der Waals surface area contributed by atoms with Crippen molar-refractivity contribution >= 4 is 21.8 Å². The van der Waals surface area contributed by atoms with E-state index >= 15 is 0 Å². The molecule has 18 heavy (non-hydrogen) atoms. The third-order valence-corrected chi connectivity index (χ3v) is 2.70. The molecule has 0 unspecified atom stereocenters. The predicted octanol–water partition coefficient (Wildman–Crippen LogP) is 1.65. The zero-order valence-corrected chi connectivity index (χ0v) is 11.5. The van der Waals surface area contributed by atoms with Gasteiger partial charge in [-0.05, 0) is 22.0 Å². The average Bonchev–Trinajstić information content (AvgIpc) is 2.77. The standard InChI is InChI=1S/C11H12BrN5O/c1-6(2)11-14-8(12)5-9(15-11)17-4-3-7(16-17)10(13)18/h3-6H,1-2H3,(H2,13,18). The van der Waals surface area contributed by atoms with Crippen molar-refractivity contribution in [3.63, 3.8) is 0 Å². The molecule has 2 aromatic heterocycles. The first kappa shape index (κ1) is 12.7. The van der Waals surface area contributed by atoms with Gasteiger partial charge in [0.1, 0.15) is 16.1 Å². The molecule has 0 spiro atoms. The van der Waals surface area contributed by atoms with Gasteiger partial charge in [0.05, 0.1) is 0 Å². The average molecular weight is 310 g/mol. The molecule has 0 saturated carbocycles. The number of aromatic nitrogens is 4. The van der Waals surface area contributed by atoms with Crippen LogP contribution >= 0.6 is 15.9 Å². The summed E-state index contributed by atoms with van der Waals surface area (Å²) in [6.45, 7) is 4.01. The Kier molecular flexibility index (Phi) is 3.42. The summed E-state index contributed by atoms with van der Waals surface area (Å²) >= 11 is 3.33. The second-order valence-electron chi connectivity index (χ2n) is 4.07. The smallest absolute Gasteiger partial charge is 0.269 e. The molecule has 94 valence electrons. The third kappa shape index (κ3) is 2.56. The van der Waals surface area contributed by atoms with E-state index in [0.29, 0.717) is 16.2 Å². The quantitative estimate of drug-likeness (QED) is 0.873. The van der Waals surface area contributed by atoms with Crippen LogP contribution in [0.25, 0.3) is 5.82 Å². The van der Waals surface area contributed by atoms with Crippen LogP contribution in [-0.4, -0.2) is 25.7 Å².